The Morgan fingerprint density at radius 2 is 2.31 bits per heavy atom. The Balaban J connectivity index is 2.69. The van der Waals surface area contributed by atoms with Crippen molar-refractivity contribution < 1.29 is 18.9 Å². The lowest BCUT2D eigenvalue weighted by atomic mass is 10.3. The van der Waals surface area contributed by atoms with E-state index in [1.165, 1.54) is 17.8 Å². The molecule has 1 atom stereocenters. The summed E-state index contributed by atoms with van der Waals surface area (Å²) in [5, 5.41) is 7.25. The number of rotatable bonds is 3. The van der Waals surface area contributed by atoms with Crippen LogP contribution in [0.3, 0.4) is 0 Å². The second-order valence-corrected chi connectivity index (χ2v) is 3.75. The Bertz CT molecular complexity index is 332. The van der Waals surface area contributed by atoms with Crippen molar-refractivity contribution in [3.05, 3.63) is 11.9 Å². The Morgan fingerprint density at radius 3 is 2.69 bits per heavy atom. The summed E-state index contributed by atoms with van der Waals surface area (Å²) in [4.78, 5) is 17.0. The minimum atomic E-state index is -4.46. The molecule has 0 aromatic carbocycles. The van der Waals surface area contributed by atoms with Gasteiger partial charge in [-0.15, -0.1) is 5.10 Å². The molecule has 8 heteroatoms. The van der Waals surface area contributed by atoms with Crippen molar-refractivity contribution >= 4 is 7.82 Å². The normalized spacial score (nSPS) is 14.5. The van der Waals surface area contributed by atoms with Gasteiger partial charge in [-0.3, -0.25) is 9.21 Å². The number of aryl methyl sites for hydroxylation is 1. The third-order valence-electron chi connectivity index (χ3n) is 1.33. The van der Waals surface area contributed by atoms with Crippen LogP contribution >= 0.6 is 7.82 Å². The second kappa shape index (κ2) is 3.55. The molecule has 0 spiro atoms. The van der Waals surface area contributed by atoms with Gasteiger partial charge in [0.15, 0.2) is 0 Å². The molecule has 2 N–H and O–H groups in total. The van der Waals surface area contributed by atoms with E-state index in [1.54, 1.807) is 7.05 Å². The largest absolute Gasteiger partial charge is 0.470 e. The predicted octanol–water partition coefficient (Wildman–Crippen LogP) is -0.0146. The molecule has 0 aliphatic rings. The van der Waals surface area contributed by atoms with Crippen LogP contribution in [0.25, 0.3) is 0 Å². The molecule has 0 bridgehead atoms. The Kier molecular flexibility index (Phi) is 2.82. The molecule has 0 amide bonds. The molecule has 1 aromatic rings. The average Bonchev–Trinajstić information content (AvgIpc) is 2.31. The topological polar surface area (TPSA) is 97.5 Å². The molecule has 1 rings (SSSR count). The number of hydrogen-bond acceptors (Lipinski definition) is 4. The first-order chi connectivity index (χ1) is 5.88. The van der Waals surface area contributed by atoms with E-state index in [2.05, 4.69) is 14.8 Å². The van der Waals surface area contributed by atoms with Gasteiger partial charge in [-0.2, -0.15) is 0 Å². The number of aromatic nitrogens is 3. The van der Waals surface area contributed by atoms with Crippen LogP contribution in [0, 0.1) is 0 Å². The van der Waals surface area contributed by atoms with Gasteiger partial charge in [-0.25, -0.2) is 4.57 Å². The van der Waals surface area contributed by atoms with Crippen LogP contribution in [0.15, 0.2) is 6.20 Å². The van der Waals surface area contributed by atoms with E-state index in [9.17, 15) is 4.57 Å². The van der Waals surface area contributed by atoms with Crippen molar-refractivity contribution in [2.75, 3.05) is 0 Å². The molecule has 0 saturated heterocycles. The molecular weight excluding hydrogens is 197 g/mol. The van der Waals surface area contributed by atoms with Gasteiger partial charge in [0.05, 0.1) is 6.20 Å². The predicted molar refractivity (Wildman–Crippen MR) is 42.5 cm³/mol. The molecule has 0 fully saturated rings. The van der Waals surface area contributed by atoms with Gasteiger partial charge in [-0.05, 0) is 6.92 Å². The van der Waals surface area contributed by atoms with Gasteiger partial charge in [-0.1, -0.05) is 5.21 Å². The molecule has 0 radical (unpaired) electrons. The Labute approximate surface area is 74.6 Å². The molecular formula is C5H10N3O4P. The van der Waals surface area contributed by atoms with Crippen LogP contribution in [0.2, 0.25) is 0 Å². The monoisotopic (exact) mass is 207 g/mol. The third-order valence-corrected chi connectivity index (χ3v) is 1.92. The number of phosphoric ester groups is 1. The summed E-state index contributed by atoms with van der Waals surface area (Å²) in [5.74, 6) is 0. The quantitative estimate of drug-likeness (QED) is 0.676. The molecule has 0 aliphatic heterocycles. The van der Waals surface area contributed by atoms with Crippen LogP contribution in [-0.2, 0) is 16.1 Å². The molecule has 1 heterocycles. The van der Waals surface area contributed by atoms with E-state index in [-0.39, 0.29) is 0 Å². The van der Waals surface area contributed by atoms with Crippen molar-refractivity contribution in [3.8, 4) is 0 Å². The minimum Gasteiger partial charge on any atom is -0.303 e. The number of phosphoric acid groups is 1. The fourth-order valence-electron chi connectivity index (χ4n) is 0.811. The molecule has 0 aliphatic carbocycles. The van der Waals surface area contributed by atoms with E-state index >= 15 is 0 Å². The zero-order chi connectivity index (χ0) is 10.1. The van der Waals surface area contributed by atoms with Crippen molar-refractivity contribution in [2.45, 2.75) is 13.0 Å². The smallest absolute Gasteiger partial charge is 0.303 e. The van der Waals surface area contributed by atoms with Gasteiger partial charge >= 0.3 is 7.82 Å². The molecule has 7 nitrogen and oxygen atoms in total. The maximum absolute atomic E-state index is 10.4. The van der Waals surface area contributed by atoms with E-state index < -0.39 is 13.9 Å². The number of nitrogens with zero attached hydrogens (tertiary/aromatic N) is 3. The minimum absolute atomic E-state index is 0.380. The van der Waals surface area contributed by atoms with Gasteiger partial charge in [0.2, 0.25) is 0 Å². The van der Waals surface area contributed by atoms with E-state index in [0.29, 0.717) is 5.69 Å². The maximum Gasteiger partial charge on any atom is 0.470 e. The lowest BCUT2D eigenvalue weighted by molar-refractivity contribution is 0.143. The summed E-state index contributed by atoms with van der Waals surface area (Å²) in [6.07, 6.45) is 0.759. The van der Waals surface area contributed by atoms with Gasteiger partial charge < -0.3 is 9.79 Å². The van der Waals surface area contributed by atoms with Crippen molar-refractivity contribution in [1.29, 1.82) is 0 Å². The summed E-state index contributed by atoms with van der Waals surface area (Å²) in [5.41, 5.74) is 0.380. The van der Waals surface area contributed by atoms with Crippen LogP contribution < -0.4 is 0 Å². The molecule has 0 saturated carbocycles. The fraction of sp³-hybridized carbons (Fsp3) is 0.600. The highest BCUT2D eigenvalue weighted by molar-refractivity contribution is 7.46. The first kappa shape index (κ1) is 10.3. The average molecular weight is 207 g/mol. The summed E-state index contributed by atoms with van der Waals surface area (Å²) < 4.78 is 16.3. The second-order valence-electron chi connectivity index (χ2n) is 2.56. The van der Waals surface area contributed by atoms with Gasteiger partial charge in [0, 0.05) is 7.05 Å². The summed E-state index contributed by atoms with van der Waals surface area (Å²) >= 11 is 0. The standard InChI is InChI=1S/C5H10N3O4P/c1-4(12-13(9,10)11)5-3-8(2)7-6-5/h3-4H,1-2H3,(H2,9,10,11). The Morgan fingerprint density at radius 1 is 1.69 bits per heavy atom. The van der Waals surface area contributed by atoms with E-state index in [1.807, 2.05) is 0 Å². The van der Waals surface area contributed by atoms with Crippen molar-refractivity contribution in [3.63, 3.8) is 0 Å². The van der Waals surface area contributed by atoms with Gasteiger partial charge in [0.1, 0.15) is 11.8 Å². The summed E-state index contributed by atoms with van der Waals surface area (Å²) in [6, 6.07) is 0. The van der Waals surface area contributed by atoms with Gasteiger partial charge in [0.25, 0.3) is 0 Å². The summed E-state index contributed by atoms with van der Waals surface area (Å²) in [7, 11) is -2.80. The Hall–Kier alpha value is -0.750. The SMILES string of the molecule is CC(OP(=O)(O)O)c1cn(C)nn1. The zero-order valence-corrected chi connectivity index (χ0v) is 8.05. The van der Waals surface area contributed by atoms with Crippen LogP contribution in [0.4, 0.5) is 0 Å². The van der Waals surface area contributed by atoms with Crippen LogP contribution in [0.5, 0.6) is 0 Å². The molecule has 1 unspecified atom stereocenters. The first-order valence-corrected chi connectivity index (χ1v) is 5.01. The highest BCUT2D eigenvalue weighted by Crippen LogP contribution is 2.41. The first-order valence-electron chi connectivity index (χ1n) is 3.48. The number of hydrogen-bond donors (Lipinski definition) is 2. The zero-order valence-electron chi connectivity index (χ0n) is 7.15. The lowest BCUT2D eigenvalue weighted by Gasteiger charge is -2.09. The van der Waals surface area contributed by atoms with E-state index in [0.717, 1.165) is 0 Å². The molecule has 74 valence electrons. The molecule has 1 aromatic heterocycles. The highest BCUT2D eigenvalue weighted by Gasteiger charge is 2.21. The van der Waals surface area contributed by atoms with Crippen molar-refractivity contribution in [1.82, 2.24) is 15.0 Å². The fourth-order valence-corrected chi connectivity index (χ4v) is 1.33. The van der Waals surface area contributed by atoms with E-state index in [4.69, 9.17) is 9.79 Å². The summed E-state index contributed by atoms with van der Waals surface area (Å²) in [6.45, 7) is 1.49. The van der Waals surface area contributed by atoms with Crippen LogP contribution in [-0.4, -0.2) is 24.8 Å². The van der Waals surface area contributed by atoms with Crippen LogP contribution in [0.1, 0.15) is 18.7 Å². The third kappa shape index (κ3) is 3.23. The lowest BCUT2D eigenvalue weighted by Crippen LogP contribution is -1.98. The van der Waals surface area contributed by atoms with Crippen molar-refractivity contribution in [2.24, 2.45) is 7.05 Å². The maximum atomic E-state index is 10.4. The highest BCUT2D eigenvalue weighted by atomic mass is 31.2. The molecule has 13 heavy (non-hydrogen) atoms.